The van der Waals surface area contributed by atoms with Crippen LogP contribution in [0.3, 0.4) is 0 Å². The number of benzene rings is 1. The standard InChI is InChI=1S/C20H20ClN3O2/c1-2-15-7-8-16(26-15)11-24-10-9-18-17(12-24)20(25)23-19(22-18)13-3-5-14(21)6-4-13/h3-8H,2,9-12H2,1H3,(H,22,23,25). The monoisotopic (exact) mass is 369 g/mol. The summed E-state index contributed by atoms with van der Waals surface area (Å²) in [5.41, 5.74) is 2.41. The van der Waals surface area contributed by atoms with Gasteiger partial charge in [-0.25, -0.2) is 4.98 Å². The third kappa shape index (κ3) is 3.45. The number of aryl methyl sites for hydroxylation is 1. The third-order valence-corrected chi connectivity index (χ3v) is 4.96. The maximum Gasteiger partial charge on any atom is 0.255 e. The third-order valence-electron chi connectivity index (χ3n) is 4.71. The SMILES string of the molecule is CCc1ccc(CN2CCc3nc(-c4ccc(Cl)cc4)[nH]c(=O)c3C2)o1. The molecular formula is C20H20ClN3O2. The summed E-state index contributed by atoms with van der Waals surface area (Å²) in [7, 11) is 0. The van der Waals surface area contributed by atoms with Crippen LogP contribution in [0.5, 0.6) is 0 Å². The van der Waals surface area contributed by atoms with Crippen LogP contribution in [0.4, 0.5) is 0 Å². The molecule has 0 bridgehead atoms. The molecule has 26 heavy (non-hydrogen) atoms. The van der Waals surface area contributed by atoms with Crippen LogP contribution in [0.1, 0.15) is 29.7 Å². The zero-order valence-corrected chi connectivity index (χ0v) is 15.3. The Hall–Kier alpha value is -2.37. The maximum atomic E-state index is 12.6. The summed E-state index contributed by atoms with van der Waals surface area (Å²) in [4.78, 5) is 22.4. The van der Waals surface area contributed by atoms with Crippen molar-refractivity contribution in [2.45, 2.75) is 32.9 Å². The van der Waals surface area contributed by atoms with Crippen molar-refractivity contribution in [1.82, 2.24) is 14.9 Å². The Morgan fingerprint density at radius 2 is 1.96 bits per heavy atom. The van der Waals surface area contributed by atoms with Crippen molar-refractivity contribution in [2.75, 3.05) is 6.54 Å². The molecule has 1 aliphatic rings. The van der Waals surface area contributed by atoms with Crippen molar-refractivity contribution in [2.24, 2.45) is 0 Å². The number of hydrogen-bond donors (Lipinski definition) is 1. The van der Waals surface area contributed by atoms with Crippen LogP contribution < -0.4 is 5.56 Å². The fraction of sp³-hybridized carbons (Fsp3) is 0.300. The summed E-state index contributed by atoms with van der Waals surface area (Å²) in [6.07, 6.45) is 1.64. The summed E-state index contributed by atoms with van der Waals surface area (Å²) >= 11 is 5.93. The zero-order chi connectivity index (χ0) is 18.1. The Morgan fingerprint density at radius 3 is 2.69 bits per heavy atom. The van der Waals surface area contributed by atoms with Crippen LogP contribution in [-0.2, 0) is 25.9 Å². The van der Waals surface area contributed by atoms with Crippen molar-refractivity contribution >= 4 is 11.6 Å². The van der Waals surface area contributed by atoms with Gasteiger partial charge in [-0.1, -0.05) is 18.5 Å². The van der Waals surface area contributed by atoms with Crippen LogP contribution in [0.15, 0.2) is 45.6 Å². The highest BCUT2D eigenvalue weighted by atomic mass is 35.5. The molecule has 4 rings (SSSR count). The van der Waals surface area contributed by atoms with Crippen LogP contribution >= 0.6 is 11.6 Å². The lowest BCUT2D eigenvalue weighted by atomic mass is 10.1. The summed E-state index contributed by atoms with van der Waals surface area (Å²) < 4.78 is 5.79. The molecule has 0 atom stereocenters. The molecule has 3 aromatic rings. The van der Waals surface area contributed by atoms with E-state index < -0.39 is 0 Å². The smallest absolute Gasteiger partial charge is 0.255 e. The van der Waals surface area contributed by atoms with E-state index in [2.05, 4.69) is 21.8 Å². The first-order valence-corrected chi connectivity index (χ1v) is 9.18. The Kier molecular flexibility index (Phi) is 4.66. The lowest BCUT2D eigenvalue weighted by molar-refractivity contribution is 0.221. The van der Waals surface area contributed by atoms with E-state index in [1.807, 2.05) is 24.3 Å². The van der Waals surface area contributed by atoms with Crippen LogP contribution in [0.2, 0.25) is 5.02 Å². The molecule has 5 nitrogen and oxygen atoms in total. The van der Waals surface area contributed by atoms with Gasteiger partial charge in [0.15, 0.2) is 0 Å². The quantitative estimate of drug-likeness (QED) is 0.759. The van der Waals surface area contributed by atoms with E-state index in [-0.39, 0.29) is 5.56 Å². The van der Waals surface area contributed by atoms with Gasteiger partial charge in [-0.2, -0.15) is 0 Å². The lowest BCUT2D eigenvalue weighted by Gasteiger charge is -2.26. The molecule has 0 saturated carbocycles. The number of aromatic nitrogens is 2. The van der Waals surface area contributed by atoms with Crippen molar-refractivity contribution in [3.8, 4) is 11.4 Å². The van der Waals surface area contributed by atoms with E-state index in [1.54, 1.807) is 12.1 Å². The normalized spacial score (nSPS) is 14.4. The lowest BCUT2D eigenvalue weighted by Crippen LogP contribution is -2.35. The van der Waals surface area contributed by atoms with Crippen molar-refractivity contribution in [3.63, 3.8) is 0 Å². The molecule has 0 unspecified atom stereocenters. The molecule has 1 aromatic carbocycles. The number of nitrogens with one attached hydrogen (secondary N) is 1. The Labute approximate surface area is 156 Å². The van der Waals surface area contributed by atoms with E-state index in [0.717, 1.165) is 47.7 Å². The van der Waals surface area contributed by atoms with E-state index in [4.69, 9.17) is 16.0 Å². The molecule has 134 valence electrons. The first-order chi connectivity index (χ1) is 12.6. The second-order valence-corrected chi connectivity index (χ2v) is 6.97. The van der Waals surface area contributed by atoms with Gasteiger partial charge in [-0.05, 0) is 36.4 Å². The number of fused-ring (bicyclic) bond motifs is 1. The van der Waals surface area contributed by atoms with Gasteiger partial charge >= 0.3 is 0 Å². The largest absolute Gasteiger partial charge is 0.465 e. The topological polar surface area (TPSA) is 62.1 Å². The molecule has 2 aromatic heterocycles. The average Bonchev–Trinajstić information content (AvgIpc) is 3.10. The second kappa shape index (κ2) is 7.09. The molecule has 3 heterocycles. The average molecular weight is 370 g/mol. The molecule has 6 heteroatoms. The van der Waals surface area contributed by atoms with E-state index >= 15 is 0 Å². The maximum absolute atomic E-state index is 12.6. The summed E-state index contributed by atoms with van der Waals surface area (Å²) in [6.45, 7) is 4.22. The van der Waals surface area contributed by atoms with Gasteiger partial charge in [0.05, 0.1) is 17.8 Å². The highest BCUT2D eigenvalue weighted by Crippen LogP contribution is 2.21. The van der Waals surface area contributed by atoms with E-state index in [0.29, 0.717) is 23.9 Å². The number of halogens is 1. The van der Waals surface area contributed by atoms with E-state index in [9.17, 15) is 4.79 Å². The van der Waals surface area contributed by atoms with Gasteiger partial charge in [-0.15, -0.1) is 0 Å². The highest BCUT2D eigenvalue weighted by Gasteiger charge is 2.22. The molecule has 1 aliphatic heterocycles. The first kappa shape index (κ1) is 17.1. The minimum atomic E-state index is -0.0710. The van der Waals surface area contributed by atoms with Gasteiger partial charge in [-0.3, -0.25) is 9.69 Å². The minimum absolute atomic E-state index is 0.0710. The molecule has 0 spiro atoms. The number of H-pyrrole nitrogens is 1. The number of hydrogen-bond acceptors (Lipinski definition) is 4. The van der Waals surface area contributed by atoms with Crippen LogP contribution in [-0.4, -0.2) is 21.4 Å². The number of aromatic amines is 1. The van der Waals surface area contributed by atoms with Crippen molar-refractivity contribution in [3.05, 3.63) is 74.6 Å². The summed E-state index contributed by atoms with van der Waals surface area (Å²) in [6, 6.07) is 11.4. The number of nitrogens with zero attached hydrogens (tertiary/aromatic N) is 2. The molecule has 1 N–H and O–H groups in total. The van der Waals surface area contributed by atoms with Crippen molar-refractivity contribution < 1.29 is 4.42 Å². The van der Waals surface area contributed by atoms with Crippen LogP contribution in [0.25, 0.3) is 11.4 Å². The Morgan fingerprint density at radius 1 is 1.19 bits per heavy atom. The molecule has 0 radical (unpaired) electrons. The summed E-state index contributed by atoms with van der Waals surface area (Å²) in [5.74, 6) is 2.52. The van der Waals surface area contributed by atoms with Gasteiger partial charge in [0.1, 0.15) is 17.3 Å². The van der Waals surface area contributed by atoms with Gasteiger partial charge in [0.2, 0.25) is 0 Å². The molecule has 0 amide bonds. The molecule has 0 aliphatic carbocycles. The fourth-order valence-corrected chi connectivity index (χ4v) is 3.40. The highest BCUT2D eigenvalue weighted by molar-refractivity contribution is 6.30. The number of rotatable bonds is 4. The minimum Gasteiger partial charge on any atom is -0.465 e. The predicted octanol–water partition coefficient (Wildman–Crippen LogP) is 3.80. The van der Waals surface area contributed by atoms with Gasteiger partial charge in [0, 0.05) is 36.5 Å². The molecule has 0 fully saturated rings. The Balaban J connectivity index is 1.56. The fourth-order valence-electron chi connectivity index (χ4n) is 3.28. The van der Waals surface area contributed by atoms with Gasteiger partial charge < -0.3 is 9.40 Å². The Bertz CT molecular complexity index is 975. The predicted molar refractivity (Wildman–Crippen MR) is 101 cm³/mol. The van der Waals surface area contributed by atoms with Gasteiger partial charge in [0.25, 0.3) is 5.56 Å². The van der Waals surface area contributed by atoms with Crippen LogP contribution in [0, 0.1) is 0 Å². The first-order valence-electron chi connectivity index (χ1n) is 8.80. The van der Waals surface area contributed by atoms with Crippen molar-refractivity contribution in [1.29, 1.82) is 0 Å². The van der Waals surface area contributed by atoms with E-state index in [1.165, 1.54) is 0 Å². The number of furan rings is 1. The second-order valence-electron chi connectivity index (χ2n) is 6.53. The molecule has 0 saturated heterocycles. The summed E-state index contributed by atoms with van der Waals surface area (Å²) in [5, 5.41) is 0.661. The molecular weight excluding hydrogens is 350 g/mol. The zero-order valence-electron chi connectivity index (χ0n) is 14.6.